The summed E-state index contributed by atoms with van der Waals surface area (Å²) in [5, 5.41) is 0. The molecule has 2 aromatic rings. The van der Waals surface area contributed by atoms with Crippen molar-refractivity contribution >= 4 is 17.4 Å². The molecule has 3 rings (SSSR count). The Morgan fingerprint density at radius 3 is 2.60 bits per heavy atom. The number of carbonyl (C=O) groups is 1. The van der Waals surface area contributed by atoms with Crippen LogP contribution >= 0.6 is 0 Å². The summed E-state index contributed by atoms with van der Waals surface area (Å²) in [5.74, 6) is 1.19. The van der Waals surface area contributed by atoms with Crippen molar-refractivity contribution in [2.75, 3.05) is 30.9 Å². The van der Waals surface area contributed by atoms with Gasteiger partial charge in [-0.15, -0.1) is 0 Å². The Morgan fingerprint density at radius 2 is 1.96 bits per heavy atom. The van der Waals surface area contributed by atoms with Crippen LogP contribution in [0, 0.1) is 5.92 Å². The van der Waals surface area contributed by atoms with Gasteiger partial charge in [0.05, 0.1) is 19.4 Å². The number of methoxy groups -OCH3 is 1. The minimum Gasteiger partial charge on any atom is -0.493 e. The topological polar surface area (TPSA) is 90.6 Å². The van der Waals surface area contributed by atoms with E-state index in [0.717, 1.165) is 11.4 Å². The van der Waals surface area contributed by atoms with Gasteiger partial charge in [-0.05, 0) is 30.2 Å². The Hall–Kier alpha value is -2.83. The molecule has 1 aliphatic rings. The van der Waals surface area contributed by atoms with Gasteiger partial charge in [-0.25, -0.2) is 0 Å². The Labute approximate surface area is 146 Å². The van der Waals surface area contributed by atoms with Crippen LogP contribution < -0.4 is 20.1 Å². The Bertz CT molecular complexity index is 775. The molecule has 1 aromatic carbocycles. The molecule has 1 amide bonds. The lowest BCUT2D eigenvalue weighted by atomic mass is 10.0. The Balaban J connectivity index is 1.82. The van der Waals surface area contributed by atoms with Crippen molar-refractivity contribution in [3.63, 3.8) is 0 Å². The predicted molar refractivity (Wildman–Crippen MR) is 95.2 cm³/mol. The molecule has 0 atom stereocenters. The molecule has 0 fully saturated rings. The van der Waals surface area contributed by atoms with Crippen molar-refractivity contribution in [2.45, 2.75) is 20.3 Å². The van der Waals surface area contributed by atoms with Crippen LogP contribution in [0.25, 0.3) is 0 Å². The van der Waals surface area contributed by atoms with Gasteiger partial charge in [-0.1, -0.05) is 13.8 Å². The SMILES string of the molecule is COc1nc(N)c2c(n1)CCN(c1ccc(OCC(C)C)cc1)C2=O. The average molecular weight is 342 g/mol. The maximum atomic E-state index is 12.8. The van der Waals surface area contributed by atoms with E-state index in [1.54, 1.807) is 4.90 Å². The highest BCUT2D eigenvalue weighted by atomic mass is 16.5. The van der Waals surface area contributed by atoms with Crippen LogP contribution in [0.2, 0.25) is 0 Å². The number of anilines is 2. The van der Waals surface area contributed by atoms with Crippen LogP contribution in [0.5, 0.6) is 11.8 Å². The van der Waals surface area contributed by atoms with Crippen LogP contribution in [0.15, 0.2) is 24.3 Å². The van der Waals surface area contributed by atoms with Crippen molar-refractivity contribution in [3.05, 3.63) is 35.5 Å². The maximum Gasteiger partial charge on any atom is 0.318 e. The van der Waals surface area contributed by atoms with Gasteiger partial charge in [0.15, 0.2) is 0 Å². The van der Waals surface area contributed by atoms with E-state index in [4.69, 9.17) is 15.2 Å². The van der Waals surface area contributed by atoms with Gasteiger partial charge in [0.2, 0.25) is 0 Å². The first kappa shape index (κ1) is 17.0. The summed E-state index contributed by atoms with van der Waals surface area (Å²) >= 11 is 0. The van der Waals surface area contributed by atoms with E-state index in [1.165, 1.54) is 7.11 Å². The fourth-order valence-corrected chi connectivity index (χ4v) is 2.69. The lowest BCUT2D eigenvalue weighted by Gasteiger charge is -2.28. The van der Waals surface area contributed by atoms with E-state index in [0.29, 0.717) is 36.7 Å². The summed E-state index contributed by atoms with van der Waals surface area (Å²) in [4.78, 5) is 22.8. The third-order valence-electron chi connectivity index (χ3n) is 3.94. The molecule has 1 aromatic heterocycles. The second-order valence-corrected chi connectivity index (χ2v) is 6.32. The van der Waals surface area contributed by atoms with Crippen molar-refractivity contribution in [2.24, 2.45) is 5.92 Å². The van der Waals surface area contributed by atoms with E-state index in [2.05, 4.69) is 23.8 Å². The summed E-state index contributed by atoms with van der Waals surface area (Å²) in [7, 11) is 1.47. The first-order valence-corrected chi connectivity index (χ1v) is 8.24. The lowest BCUT2D eigenvalue weighted by Crippen LogP contribution is -2.39. The second-order valence-electron chi connectivity index (χ2n) is 6.32. The zero-order valence-corrected chi connectivity index (χ0v) is 14.7. The maximum absolute atomic E-state index is 12.8. The fraction of sp³-hybridized carbons (Fsp3) is 0.389. The molecule has 0 spiro atoms. The number of rotatable bonds is 5. The van der Waals surface area contributed by atoms with Gasteiger partial charge in [0.1, 0.15) is 17.1 Å². The molecule has 7 nitrogen and oxygen atoms in total. The molecule has 132 valence electrons. The highest BCUT2D eigenvalue weighted by Gasteiger charge is 2.30. The number of nitrogens with two attached hydrogens (primary N) is 1. The first-order chi connectivity index (χ1) is 12.0. The lowest BCUT2D eigenvalue weighted by molar-refractivity contribution is 0.0980. The molecular formula is C18H22N4O3. The van der Waals surface area contributed by atoms with Crippen LogP contribution in [0.3, 0.4) is 0 Å². The second kappa shape index (κ2) is 6.96. The zero-order chi connectivity index (χ0) is 18.0. The minimum absolute atomic E-state index is 0.147. The number of benzene rings is 1. The molecular weight excluding hydrogens is 320 g/mol. The molecule has 0 saturated carbocycles. The first-order valence-electron chi connectivity index (χ1n) is 8.24. The minimum atomic E-state index is -0.197. The molecule has 2 heterocycles. The monoisotopic (exact) mass is 342 g/mol. The number of ether oxygens (including phenoxy) is 2. The van der Waals surface area contributed by atoms with E-state index < -0.39 is 0 Å². The Kier molecular flexibility index (Phi) is 4.74. The molecule has 0 unspecified atom stereocenters. The highest BCUT2D eigenvalue weighted by molar-refractivity contribution is 6.10. The van der Waals surface area contributed by atoms with Crippen molar-refractivity contribution in [1.29, 1.82) is 0 Å². The third kappa shape index (κ3) is 3.50. The Morgan fingerprint density at radius 1 is 1.24 bits per heavy atom. The number of hydrogen-bond donors (Lipinski definition) is 1. The van der Waals surface area contributed by atoms with Gasteiger partial charge >= 0.3 is 6.01 Å². The number of nitrogens with zero attached hydrogens (tertiary/aromatic N) is 3. The number of amides is 1. The van der Waals surface area contributed by atoms with Gasteiger partial charge < -0.3 is 20.1 Å². The summed E-state index contributed by atoms with van der Waals surface area (Å²) in [6.45, 7) is 5.38. The van der Waals surface area contributed by atoms with E-state index in [1.807, 2.05) is 24.3 Å². The predicted octanol–water partition coefficient (Wildman–Crippen LogP) is 2.31. The largest absolute Gasteiger partial charge is 0.493 e. The van der Waals surface area contributed by atoms with E-state index in [-0.39, 0.29) is 17.7 Å². The molecule has 1 aliphatic heterocycles. The molecule has 0 bridgehead atoms. The summed E-state index contributed by atoms with van der Waals surface area (Å²) in [6, 6.07) is 7.67. The number of hydrogen-bond acceptors (Lipinski definition) is 6. The number of aromatic nitrogens is 2. The van der Waals surface area contributed by atoms with Gasteiger partial charge in [0.25, 0.3) is 5.91 Å². The van der Waals surface area contributed by atoms with Crippen molar-refractivity contribution < 1.29 is 14.3 Å². The molecule has 0 aliphatic carbocycles. The molecule has 7 heteroatoms. The average Bonchev–Trinajstić information content (AvgIpc) is 2.60. The van der Waals surface area contributed by atoms with Crippen molar-refractivity contribution in [1.82, 2.24) is 9.97 Å². The summed E-state index contributed by atoms with van der Waals surface area (Å²) in [5.41, 5.74) is 7.72. The number of carbonyl (C=O) groups excluding carboxylic acids is 1. The quantitative estimate of drug-likeness (QED) is 0.896. The van der Waals surface area contributed by atoms with Crippen LogP contribution in [0.1, 0.15) is 29.9 Å². The van der Waals surface area contributed by atoms with Gasteiger partial charge in [0, 0.05) is 18.7 Å². The molecule has 2 N–H and O–H groups in total. The number of fused-ring (bicyclic) bond motifs is 1. The molecule has 0 radical (unpaired) electrons. The van der Waals surface area contributed by atoms with Crippen LogP contribution in [-0.4, -0.2) is 36.1 Å². The van der Waals surface area contributed by atoms with E-state index >= 15 is 0 Å². The summed E-state index contributed by atoms with van der Waals surface area (Å²) < 4.78 is 10.7. The standard InChI is InChI=1S/C18H22N4O3/c1-11(2)10-25-13-6-4-12(5-7-13)22-9-8-14-15(17(22)23)16(19)21-18(20-14)24-3/h4-7,11H,8-10H2,1-3H3,(H2,19,20,21). The molecule has 0 saturated heterocycles. The van der Waals surface area contributed by atoms with Crippen molar-refractivity contribution in [3.8, 4) is 11.8 Å². The molecule has 25 heavy (non-hydrogen) atoms. The highest BCUT2D eigenvalue weighted by Crippen LogP contribution is 2.28. The van der Waals surface area contributed by atoms with Gasteiger partial charge in [-0.3, -0.25) is 4.79 Å². The fourth-order valence-electron chi connectivity index (χ4n) is 2.69. The van der Waals surface area contributed by atoms with E-state index in [9.17, 15) is 4.79 Å². The summed E-state index contributed by atoms with van der Waals surface area (Å²) in [6.07, 6.45) is 0.593. The van der Waals surface area contributed by atoms with Crippen LogP contribution in [0.4, 0.5) is 11.5 Å². The van der Waals surface area contributed by atoms with Gasteiger partial charge in [-0.2, -0.15) is 9.97 Å². The normalized spacial score (nSPS) is 13.8. The van der Waals surface area contributed by atoms with Crippen LogP contribution in [-0.2, 0) is 6.42 Å². The third-order valence-corrected chi connectivity index (χ3v) is 3.94. The zero-order valence-electron chi connectivity index (χ0n) is 14.7. The smallest absolute Gasteiger partial charge is 0.318 e. The number of nitrogen functional groups attached to an aromatic ring is 1.